The van der Waals surface area contributed by atoms with E-state index in [0.717, 1.165) is 4.90 Å². The van der Waals surface area contributed by atoms with Gasteiger partial charge < -0.3 is 4.74 Å². The van der Waals surface area contributed by atoms with Gasteiger partial charge in [0, 0.05) is 6.08 Å². The molecule has 1 aliphatic heterocycles. The Balaban J connectivity index is 2.10. The smallest absolute Gasteiger partial charge is 0.416 e. The van der Waals surface area contributed by atoms with Crippen LogP contribution in [0.1, 0.15) is 5.56 Å². The Bertz CT molecular complexity index is 511. The van der Waals surface area contributed by atoms with E-state index in [0.29, 0.717) is 5.56 Å². The van der Waals surface area contributed by atoms with Crippen molar-refractivity contribution in [3.8, 4) is 0 Å². The zero-order valence-corrected chi connectivity index (χ0v) is 10.6. The number of pyridine rings is 1. The number of amides is 2. The Labute approximate surface area is 113 Å². The van der Waals surface area contributed by atoms with Crippen molar-refractivity contribution in [2.24, 2.45) is 0 Å². The molecule has 1 fully saturated rings. The maximum atomic E-state index is 11.7. The second-order valence-electron chi connectivity index (χ2n) is 3.48. The van der Waals surface area contributed by atoms with Crippen LogP contribution in [0.4, 0.5) is 4.79 Å². The normalized spacial score (nSPS) is 15.2. The van der Waals surface area contributed by atoms with E-state index in [1.54, 1.807) is 12.1 Å². The van der Waals surface area contributed by atoms with Gasteiger partial charge in [-0.15, -0.1) is 0 Å². The number of aromatic nitrogens is 1. The highest BCUT2D eigenvalue weighted by Gasteiger charge is 2.26. The van der Waals surface area contributed by atoms with Gasteiger partial charge in [0.15, 0.2) is 0 Å². The van der Waals surface area contributed by atoms with Gasteiger partial charge >= 0.3 is 6.09 Å². The molecule has 18 heavy (non-hydrogen) atoms. The SMILES string of the molecule is O=C(/C=C/c1cc(Cl)nc(Cl)c1)N1CCOC1=O. The molecule has 2 amide bonds. The number of halogens is 2. The third-order valence-electron chi connectivity index (χ3n) is 2.23. The standard InChI is InChI=1S/C11H8Cl2N2O3/c12-8-5-7(6-9(13)14-8)1-2-10(16)15-3-4-18-11(15)17/h1-2,5-6H,3-4H2/b2-1+. The second kappa shape index (κ2) is 5.37. The first-order valence-electron chi connectivity index (χ1n) is 5.06. The first-order chi connectivity index (χ1) is 8.56. The first kappa shape index (κ1) is 12.9. The van der Waals surface area contributed by atoms with E-state index < -0.39 is 12.0 Å². The topological polar surface area (TPSA) is 59.5 Å². The van der Waals surface area contributed by atoms with Gasteiger partial charge in [0.05, 0.1) is 6.54 Å². The summed E-state index contributed by atoms with van der Waals surface area (Å²) in [6.45, 7) is 0.491. The van der Waals surface area contributed by atoms with Gasteiger partial charge in [-0.1, -0.05) is 23.2 Å². The lowest BCUT2D eigenvalue weighted by atomic mass is 10.2. The molecule has 0 aliphatic carbocycles. The molecule has 1 aromatic heterocycles. The number of ether oxygens (including phenoxy) is 1. The van der Waals surface area contributed by atoms with Gasteiger partial charge in [0.2, 0.25) is 0 Å². The minimum atomic E-state index is -0.629. The van der Waals surface area contributed by atoms with Crippen LogP contribution in [0.25, 0.3) is 6.08 Å². The summed E-state index contributed by atoms with van der Waals surface area (Å²) in [7, 11) is 0. The number of cyclic esters (lactones) is 1. The molecule has 0 spiro atoms. The Morgan fingerprint density at radius 2 is 2.06 bits per heavy atom. The highest BCUT2D eigenvalue weighted by atomic mass is 35.5. The summed E-state index contributed by atoms with van der Waals surface area (Å²) in [4.78, 5) is 27.6. The summed E-state index contributed by atoms with van der Waals surface area (Å²) >= 11 is 11.4. The van der Waals surface area contributed by atoms with Crippen LogP contribution >= 0.6 is 23.2 Å². The van der Waals surface area contributed by atoms with Crippen LogP contribution in [0.2, 0.25) is 10.3 Å². The summed E-state index contributed by atoms with van der Waals surface area (Å²) in [5.74, 6) is -0.443. The number of imide groups is 1. The monoisotopic (exact) mass is 286 g/mol. The predicted octanol–water partition coefficient (Wildman–Crippen LogP) is 2.38. The van der Waals surface area contributed by atoms with Gasteiger partial charge in [-0.2, -0.15) is 0 Å². The molecule has 0 saturated carbocycles. The van der Waals surface area contributed by atoms with Crippen molar-refractivity contribution < 1.29 is 14.3 Å². The molecular formula is C11H8Cl2N2O3. The largest absolute Gasteiger partial charge is 0.447 e. The molecule has 0 radical (unpaired) electrons. The third kappa shape index (κ3) is 3.00. The zero-order chi connectivity index (χ0) is 13.1. The molecule has 2 heterocycles. The molecule has 0 bridgehead atoms. The van der Waals surface area contributed by atoms with Crippen molar-refractivity contribution in [1.29, 1.82) is 0 Å². The van der Waals surface area contributed by atoms with Crippen molar-refractivity contribution >= 4 is 41.3 Å². The van der Waals surface area contributed by atoms with Crippen LogP contribution in [-0.2, 0) is 9.53 Å². The maximum absolute atomic E-state index is 11.7. The average Bonchev–Trinajstić information content (AvgIpc) is 2.71. The fraction of sp³-hybridized carbons (Fsp3) is 0.182. The summed E-state index contributed by atoms with van der Waals surface area (Å²) < 4.78 is 4.66. The Morgan fingerprint density at radius 1 is 1.39 bits per heavy atom. The van der Waals surface area contributed by atoms with E-state index in [4.69, 9.17) is 23.2 Å². The number of carbonyl (C=O) groups excluding carboxylic acids is 2. The molecule has 0 aromatic carbocycles. The van der Waals surface area contributed by atoms with E-state index in [1.807, 2.05) is 0 Å². The summed E-state index contributed by atoms with van der Waals surface area (Å²) in [6, 6.07) is 3.11. The molecule has 1 saturated heterocycles. The highest BCUT2D eigenvalue weighted by Crippen LogP contribution is 2.16. The molecule has 7 heteroatoms. The molecule has 1 aromatic rings. The van der Waals surface area contributed by atoms with Crippen LogP contribution in [0.5, 0.6) is 0 Å². The van der Waals surface area contributed by atoms with Crippen molar-refractivity contribution in [2.45, 2.75) is 0 Å². The van der Waals surface area contributed by atoms with Gasteiger partial charge in [0.1, 0.15) is 16.9 Å². The number of nitrogens with zero attached hydrogens (tertiary/aromatic N) is 2. The van der Waals surface area contributed by atoms with Crippen molar-refractivity contribution in [3.63, 3.8) is 0 Å². The van der Waals surface area contributed by atoms with Gasteiger partial charge in [-0.3, -0.25) is 4.79 Å². The summed E-state index contributed by atoms with van der Waals surface area (Å²) in [5, 5.41) is 0.463. The lowest BCUT2D eigenvalue weighted by Crippen LogP contribution is -2.29. The lowest BCUT2D eigenvalue weighted by Gasteiger charge is -2.06. The molecule has 2 rings (SSSR count). The number of hydrogen-bond acceptors (Lipinski definition) is 4. The second-order valence-corrected chi connectivity index (χ2v) is 4.26. The van der Waals surface area contributed by atoms with Crippen LogP contribution in [-0.4, -0.2) is 35.0 Å². The van der Waals surface area contributed by atoms with Gasteiger partial charge in [-0.05, 0) is 23.8 Å². The first-order valence-corrected chi connectivity index (χ1v) is 5.81. The van der Waals surface area contributed by atoms with E-state index in [-0.39, 0.29) is 23.5 Å². The maximum Gasteiger partial charge on any atom is 0.416 e. The number of carbonyl (C=O) groups is 2. The molecule has 0 N–H and O–H groups in total. The zero-order valence-electron chi connectivity index (χ0n) is 9.10. The molecule has 0 unspecified atom stereocenters. The Hall–Kier alpha value is -1.59. The van der Waals surface area contributed by atoms with Crippen LogP contribution in [0, 0.1) is 0 Å². The molecule has 1 aliphatic rings. The molecule has 0 atom stereocenters. The molecular weight excluding hydrogens is 279 g/mol. The van der Waals surface area contributed by atoms with Crippen LogP contribution in [0.3, 0.4) is 0 Å². The Kier molecular flexibility index (Phi) is 3.84. The minimum Gasteiger partial charge on any atom is -0.447 e. The van der Waals surface area contributed by atoms with Gasteiger partial charge in [-0.25, -0.2) is 14.7 Å². The van der Waals surface area contributed by atoms with Crippen molar-refractivity contribution in [3.05, 3.63) is 34.1 Å². The number of hydrogen-bond donors (Lipinski definition) is 0. The molecule has 5 nitrogen and oxygen atoms in total. The number of rotatable bonds is 2. The van der Waals surface area contributed by atoms with E-state index in [1.165, 1.54) is 12.2 Å². The van der Waals surface area contributed by atoms with E-state index in [9.17, 15) is 9.59 Å². The van der Waals surface area contributed by atoms with Crippen molar-refractivity contribution in [2.75, 3.05) is 13.2 Å². The average molecular weight is 287 g/mol. The van der Waals surface area contributed by atoms with Crippen molar-refractivity contribution in [1.82, 2.24) is 9.88 Å². The Morgan fingerprint density at radius 3 is 2.61 bits per heavy atom. The highest BCUT2D eigenvalue weighted by molar-refractivity contribution is 6.32. The minimum absolute atomic E-state index is 0.228. The predicted molar refractivity (Wildman–Crippen MR) is 66.4 cm³/mol. The fourth-order valence-corrected chi connectivity index (χ4v) is 1.91. The lowest BCUT2D eigenvalue weighted by molar-refractivity contribution is -0.122. The third-order valence-corrected chi connectivity index (χ3v) is 2.62. The van der Waals surface area contributed by atoms with Gasteiger partial charge in [0.25, 0.3) is 5.91 Å². The summed E-state index contributed by atoms with van der Waals surface area (Å²) in [5.41, 5.74) is 0.626. The van der Waals surface area contributed by atoms with Crippen LogP contribution in [0.15, 0.2) is 18.2 Å². The van der Waals surface area contributed by atoms with E-state index in [2.05, 4.69) is 9.72 Å². The summed E-state index contributed by atoms with van der Waals surface area (Å²) in [6.07, 6.45) is 2.14. The quantitative estimate of drug-likeness (QED) is 0.619. The fourth-order valence-electron chi connectivity index (χ4n) is 1.43. The molecule has 94 valence electrons. The van der Waals surface area contributed by atoms with E-state index >= 15 is 0 Å². The van der Waals surface area contributed by atoms with Crippen LogP contribution < -0.4 is 0 Å².